The number of hydrogen-bond donors (Lipinski definition) is 1. The fourth-order valence-corrected chi connectivity index (χ4v) is 3.85. The number of carbonyl (C=O) groups excluding carboxylic acids is 2. The van der Waals surface area contributed by atoms with Gasteiger partial charge in [-0.15, -0.1) is 11.8 Å². The molecule has 0 fully saturated rings. The Kier molecular flexibility index (Phi) is 9.78. The van der Waals surface area contributed by atoms with Crippen LogP contribution >= 0.6 is 11.8 Å². The van der Waals surface area contributed by atoms with Gasteiger partial charge in [-0.2, -0.15) is 0 Å². The molecule has 2 amide bonds. The third kappa shape index (κ3) is 7.58. The van der Waals surface area contributed by atoms with Gasteiger partial charge < -0.3 is 10.2 Å². The van der Waals surface area contributed by atoms with E-state index in [0.717, 1.165) is 23.3 Å². The van der Waals surface area contributed by atoms with Crippen LogP contribution in [0, 0.1) is 6.92 Å². The highest BCUT2D eigenvalue weighted by molar-refractivity contribution is 8.00. The SMILES string of the molecule is CCCCNC(=O)[C@@H](CC)N(Cc1ccccc1)C(=O)CSc1ccc(C)cc1. The largest absolute Gasteiger partial charge is 0.354 e. The van der Waals surface area contributed by atoms with Gasteiger partial charge in [0.2, 0.25) is 11.8 Å². The van der Waals surface area contributed by atoms with Crippen molar-refractivity contribution in [2.45, 2.75) is 57.5 Å². The van der Waals surface area contributed by atoms with Crippen molar-refractivity contribution in [3.63, 3.8) is 0 Å². The van der Waals surface area contributed by atoms with Crippen molar-refractivity contribution in [2.24, 2.45) is 0 Å². The molecule has 29 heavy (non-hydrogen) atoms. The van der Waals surface area contributed by atoms with Crippen LogP contribution in [0.1, 0.15) is 44.2 Å². The van der Waals surface area contributed by atoms with E-state index in [4.69, 9.17) is 0 Å². The highest BCUT2D eigenvalue weighted by Crippen LogP contribution is 2.21. The number of thioether (sulfide) groups is 1. The van der Waals surface area contributed by atoms with Crippen molar-refractivity contribution in [1.82, 2.24) is 10.2 Å². The summed E-state index contributed by atoms with van der Waals surface area (Å²) in [6, 6.07) is 17.6. The van der Waals surface area contributed by atoms with Crippen molar-refractivity contribution in [3.05, 3.63) is 65.7 Å². The maximum Gasteiger partial charge on any atom is 0.242 e. The molecule has 0 spiro atoms. The molecule has 2 aromatic rings. The molecular formula is C24H32N2O2S. The van der Waals surface area contributed by atoms with E-state index in [1.807, 2.05) is 68.4 Å². The van der Waals surface area contributed by atoms with Crippen LogP contribution in [0.3, 0.4) is 0 Å². The summed E-state index contributed by atoms with van der Waals surface area (Å²) >= 11 is 1.51. The monoisotopic (exact) mass is 412 g/mol. The number of unbranched alkanes of at least 4 members (excludes halogenated alkanes) is 1. The zero-order valence-corrected chi connectivity index (χ0v) is 18.5. The van der Waals surface area contributed by atoms with E-state index in [9.17, 15) is 9.59 Å². The second kappa shape index (κ2) is 12.3. The first-order chi connectivity index (χ1) is 14.0. The zero-order chi connectivity index (χ0) is 21.1. The number of rotatable bonds is 11. The van der Waals surface area contributed by atoms with Crippen LogP contribution in [0.25, 0.3) is 0 Å². The van der Waals surface area contributed by atoms with Gasteiger partial charge in [0.1, 0.15) is 6.04 Å². The summed E-state index contributed by atoms with van der Waals surface area (Å²) in [7, 11) is 0. The normalized spacial score (nSPS) is 11.7. The van der Waals surface area contributed by atoms with Crippen LogP contribution in [0.2, 0.25) is 0 Å². The first kappa shape index (κ1) is 23.0. The van der Waals surface area contributed by atoms with E-state index in [0.29, 0.717) is 25.3 Å². The lowest BCUT2D eigenvalue weighted by atomic mass is 10.1. The van der Waals surface area contributed by atoms with Gasteiger partial charge in [-0.3, -0.25) is 9.59 Å². The highest BCUT2D eigenvalue weighted by atomic mass is 32.2. The molecule has 0 aliphatic heterocycles. The summed E-state index contributed by atoms with van der Waals surface area (Å²) in [5.41, 5.74) is 2.22. The third-order valence-corrected chi connectivity index (χ3v) is 5.79. The number of nitrogens with zero attached hydrogens (tertiary/aromatic N) is 1. The van der Waals surface area contributed by atoms with Crippen LogP contribution in [0.15, 0.2) is 59.5 Å². The lowest BCUT2D eigenvalue weighted by Gasteiger charge is -2.30. The Morgan fingerprint density at radius 2 is 1.72 bits per heavy atom. The average molecular weight is 413 g/mol. The van der Waals surface area contributed by atoms with Gasteiger partial charge in [-0.25, -0.2) is 0 Å². The van der Waals surface area contributed by atoms with E-state index < -0.39 is 6.04 Å². The van der Waals surface area contributed by atoms with Crippen LogP contribution in [-0.2, 0) is 16.1 Å². The second-order valence-corrected chi connectivity index (χ2v) is 8.23. The summed E-state index contributed by atoms with van der Waals surface area (Å²) in [6.07, 6.45) is 2.56. The number of benzene rings is 2. The van der Waals surface area contributed by atoms with Gasteiger partial charge in [-0.05, 0) is 37.5 Å². The summed E-state index contributed by atoms with van der Waals surface area (Å²) < 4.78 is 0. The van der Waals surface area contributed by atoms with Gasteiger partial charge in [0, 0.05) is 18.0 Å². The Morgan fingerprint density at radius 1 is 1.03 bits per heavy atom. The lowest BCUT2D eigenvalue weighted by Crippen LogP contribution is -2.49. The number of hydrogen-bond acceptors (Lipinski definition) is 3. The fraction of sp³-hybridized carbons (Fsp3) is 0.417. The maximum absolute atomic E-state index is 13.1. The molecule has 0 unspecified atom stereocenters. The topological polar surface area (TPSA) is 49.4 Å². The van der Waals surface area contributed by atoms with Crippen molar-refractivity contribution in [3.8, 4) is 0 Å². The summed E-state index contributed by atoms with van der Waals surface area (Å²) in [5.74, 6) is 0.233. The van der Waals surface area contributed by atoms with Gasteiger partial charge >= 0.3 is 0 Å². The third-order valence-electron chi connectivity index (χ3n) is 4.79. The standard InChI is InChI=1S/C24H32N2O2S/c1-4-6-16-25-24(28)22(5-2)26(17-20-10-8-7-9-11-20)23(27)18-29-21-14-12-19(3)13-15-21/h7-15,22H,4-6,16-18H2,1-3H3,(H,25,28)/t22-/m1/s1. The minimum Gasteiger partial charge on any atom is -0.354 e. The average Bonchev–Trinajstić information content (AvgIpc) is 2.74. The molecular weight excluding hydrogens is 380 g/mol. The molecule has 0 aromatic heterocycles. The van der Waals surface area contributed by atoms with Gasteiger partial charge in [0.25, 0.3) is 0 Å². The van der Waals surface area contributed by atoms with E-state index in [-0.39, 0.29) is 11.8 Å². The zero-order valence-electron chi connectivity index (χ0n) is 17.7. The molecule has 0 radical (unpaired) electrons. The van der Waals surface area contributed by atoms with Crippen LogP contribution in [0.4, 0.5) is 0 Å². The van der Waals surface area contributed by atoms with Gasteiger partial charge in [0.15, 0.2) is 0 Å². The molecule has 0 saturated carbocycles. The summed E-state index contributed by atoms with van der Waals surface area (Å²) in [5, 5.41) is 3.00. The molecule has 0 heterocycles. The molecule has 0 aliphatic carbocycles. The van der Waals surface area contributed by atoms with Crippen LogP contribution in [-0.4, -0.2) is 35.1 Å². The summed E-state index contributed by atoms with van der Waals surface area (Å²) in [6.45, 7) is 7.19. The van der Waals surface area contributed by atoms with Gasteiger partial charge in [0.05, 0.1) is 5.75 Å². The number of carbonyl (C=O) groups is 2. The minimum absolute atomic E-state index is 0.0167. The fourth-order valence-electron chi connectivity index (χ4n) is 3.07. The maximum atomic E-state index is 13.1. The lowest BCUT2D eigenvalue weighted by molar-refractivity contribution is -0.139. The number of nitrogens with one attached hydrogen (secondary N) is 1. The second-order valence-electron chi connectivity index (χ2n) is 7.18. The first-order valence-electron chi connectivity index (χ1n) is 10.4. The minimum atomic E-state index is -0.460. The molecule has 0 aliphatic rings. The Morgan fingerprint density at radius 3 is 2.34 bits per heavy atom. The molecule has 2 aromatic carbocycles. The first-order valence-corrected chi connectivity index (χ1v) is 11.3. The van der Waals surface area contributed by atoms with Crippen LogP contribution < -0.4 is 5.32 Å². The van der Waals surface area contributed by atoms with Gasteiger partial charge in [-0.1, -0.05) is 68.3 Å². The molecule has 156 valence electrons. The van der Waals surface area contributed by atoms with E-state index >= 15 is 0 Å². The van der Waals surface area contributed by atoms with Crippen molar-refractivity contribution < 1.29 is 9.59 Å². The van der Waals surface area contributed by atoms with E-state index in [2.05, 4.69) is 12.2 Å². The Hall–Kier alpha value is -2.27. The molecule has 0 saturated heterocycles. The summed E-state index contributed by atoms with van der Waals surface area (Å²) in [4.78, 5) is 28.7. The smallest absolute Gasteiger partial charge is 0.242 e. The molecule has 4 nitrogen and oxygen atoms in total. The Bertz CT molecular complexity index is 762. The van der Waals surface area contributed by atoms with Crippen molar-refractivity contribution >= 4 is 23.6 Å². The quantitative estimate of drug-likeness (QED) is 0.426. The van der Waals surface area contributed by atoms with Crippen molar-refractivity contribution in [2.75, 3.05) is 12.3 Å². The van der Waals surface area contributed by atoms with Crippen molar-refractivity contribution in [1.29, 1.82) is 0 Å². The predicted octanol–water partition coefficient (Wildman–Crippen LogP) is 4.81. The Labute approximate surface area is 179 Å². The number of aryl methyl sites for hydroxylation is 1. The number of amides is 2. The molecule has 0 bridgehead atoms. The molecule has 1 N–H and O–H groups in total. The van der Waals surface area contributed by atoms with Crippen LogP contribution in [0.5, 0.6) is 0 Å². The Balaban J connectivity index is 2.12. The highest BCUT2D eigenvalue weighted by Gasteiger charge is 2.28. The molecule has 5 heteroatoms. The van der Waals surface area contributed by atoms with E-state index in [1.165, 1.54) is 17.3 Å². The predicted molar refractivity (Wildman–Crippen MR) is 121 cm³/mol. The van der Waals surface area contributed by atoms with E-state index in [1.54, 1.807) is 4.90 Å². The molecule has 1 atom stereocenters. The molecule has 2 rings (SSSR count).